The summed E-state index contributed by atoms with van der Waals surface area (Å²) in [6.45, 7) is 6.57. The zero-order valence-electron chi connectivity index (χ0n) is 16.0. The lowest BCUT2D eigenvalue weighted by Crippen LogP contribution is -2.27. The van der Waals surface area contributed by atoms with Gasteiger partial charge in [0.25, 0.3) is 5.91 Å². The molecule has 5 nitrogen and oxygen atoms in total. The number of hydrogen-bond donors (Lipinski definition) is 0. The molecule has 0 unspecified atom stereocenters. The average Bonchev–Trinajstić information content (AvgIpc) is 3.02. The van der Waals surface area contributed by atoms with E-state index in [4.69, 9.17) is 11.6 Å². The molecule has 3 aromatic rings. The molecule has 0 aliphatic heterocycles. The number of hydrogen-bond acceptors (Lipinski definition) is 3. The molecule has 0 saturated heterocycles. The molecule has 0 aliphatic rings. The third-order valence-electron chi connectivity index (χ3n) is 4.40. The van der Waals surface area contributed by atoms with E-state index in [0.29, 0.717) is 23.3 Å². The number of amides is 1. The molecule has 140 valence electrons. The standard InChI is InChI=1S/C21H23ClN4O/c1-14(2)18-10-5-6-11-19(18)26-15(3)23-20(24-26)21(27)25(4)13-16-8-7-9-17(22)12-16/h5-12,14H,13H2,1-4H3. The minimum Gasteiger partial charge on any atom is -0.335 e. The van der Waals surface area contributed by atoms with Gasteiger partial charge >= 0.3 is 0 Å². The maximum absolute atomic E-state index is 12.8. The van der Waals surface area contributed by atoms with E-state index in [1.165, 1.54) is 0 Å². The first-order chi connectivity index (χ1) is 12.9. The van der Waals surface area contributed by atoms with Gasteiger partial charge in [-0.2, -0.15) is 0 Å². The highest BCUT2D eigenvalue weighted by Gasteiger charge is 2.20. The van der Waals surface area contributed by atoms with Crippen molar-refractivity contribution in [1.82, 2.24) is 19.7 Å². The predicted octanol–water partition coefficient (Wildman–Crippen LogP) is 4.62. The summed E-state index contributed by atoms with van der Waals surface area (Å²) in [7, 11) is 1.74. The van der Waals surface area contributed by atoms with Crippen molar-refractivity contribution in [3.05, 3.63) is 76.3 Å². The van der Waals surface area contributed by atoms with Gasteiger partial charge in [-0.3, -0.25) is 4.79 Å². The van der Waals surface area contributed by atoms with Gasteiger partial charge in [0.1, 0.15) is 5.82 Å². The van der Waals surface area contributed by atoms with Crippen LogP contribution in [0.2, 0.25) is 5.02 Å². The first-order valence-electron chi connectivity index (χ1n) is 8.89. The van der Waals surface area contributed by atoms with Crippen LogP contribution >= 0.6 is 11.6 Å². The van der Waals surface area contributed by atoms with E-state index < -0.39 is 0 Å². The predicted molar refractivity (Wildman–Crippen MR) is 107 cm³/mol. The van der Waals surface area contributed by atoms with Crippen LogP contribution in [0.5, 0.6) is 0 Å². The number of para-hydroxylation sites is 1. The van der Waals surface area contributed by atoms with E-state index in [9.17, 15) is 4.79 Å². The van der Waals surface area contributed by atoms with Crippen LogP contribution in [0.1, 0.15) is 47.3 Å². The quantitative estimate of drug-likeness (QED) is 0.646. The third-order valence-corrected chi connectivity index (χ3v) is 4.64. The van der Waals surface area contributed by atoms with Crippen molar-refractivity contribution in [3.63, 3.8) is 0 Å². The summed E-state index contributed by atoms with van der Waals surface area (Å²) in [6.07, 6.45) is 0. The van der Waals surface area contributed by atoms with Crippen molar-refractivity contribution in [3.8, 4) is 5.69 Å². The molecule has 6 heteroatoms. The Bertz CT molecular complexity index is 964. The van der Waals surface area contributed by atoms with Gasteiger partial charge in [0.2, 0.25) is 5.82 Å². The zero-order chi connectivity index (χ0) is 19.6. The van der Waals surface area contributed by atoms with Gasteiger partial charge in [-0.1, -0.05) is 55.8 Å². The van der Waals surface area contributed by atoms with Crippen molar-refractivity contribution in [2.24, 2.45) is 0 Å². The van der Waals surface area contributed by atoms with Crippen molar-refractivity contribution in [2.45, 2.75) is 33.2 Å². The van der Waals surface area contributed by atoms with Crippen LogP contribution in [0.25, 0.3) is 5.69 Å². The van der Waals surface area contributed by atoms with Gasteiger partial charge in [-0.25, -0.2) is 9.67 Å². The largest absolute Gasteiger partial charge is 0.335 e. The fourth-order valence-corrected chi connectivity index (χ4v) is 3.24. The summed E-state index contributed by atoms with van der Waals surface area (Å²) in [5.74, 6) is 0.992. The molecule has 0 radical (unpaired) electrons. The van der Waals surface area contributed by atoms with Gasteiger partial charge in [0, 0.05) is 18.6 Å². The number of aryl methyl sites for hydroxylation is 1. The summed E-state index contributed by atoms with van der Waals surface area (Å²) in [4.78, 5) is 18.8. The maximum atomic E-state index is 12.8. The highest BCUT2D eigenvalue weighted by Crippen LogP contribution is 2.23. The number of benzene rings is 2. The highest BCUT2D eigenvalue weighted by molar-refractivity contribution is 6.30. The van der Waals surface area contributed by atoms with Crippen molar-refractivity contribution >= 4 is 17.5 Å². The lowest BCUT2D eigenvalue weighted by Gasteiger charge is -2.15. The Kier molecular flexibility index (Phi) is 5.61. The molecule has 0 saturated carbocycles. The number of carbonyl (C=O) groups excluding carboxylic acids is 1. The number of rotatable bonds is 5. The van der Waals surface area contributed by atoms with Crippen LogP contribution in [0.15, 0.2) is 48.5 Å². The van der Waals surface area contributed by atoms with Gasteiger partial charge in [0.15, 0.2) is 0 Å². The molecule has 1 heterocycles. The second-order valence-electron chi connectivity index (χ2n) is 6.90. The van der Waals surface area contributed by atoms with Crippen molar-refractivity contribution < 1.29 is 4.79 Å². The molecule has 1 aromatic heterocycles. The lowest BCUT2D eigenvalue weighted by molar-refractivity contribution is 0.0773. The van der Waals surface area contributed by atoms with Gasteiger partial charge < -0.3 is 4.90 Å². The second-order valence-corrected chi connectivity index (χ2v) is 7.34. The third kappa shape index (κ3) is 4.19. The first-order valence-corrected chi connectivity index (χ1v) is 9.27. The molecule has 1 amide bonds. The number of halogens is 1. The lowest BCUT2D eigenvalue weighted by atomic mass is 10.0. The molecule has 0 bridgehead atoms. The van der Waals surface area contributed by atoms with E-state index >= 15 is 0 Å². The van der Waals surface area contributed by atoms with Crippen molar-refractivity contribution in [2.75, 3.05) is 7.05 Å². The second kappa shape index (κ2) is 7.92. The monoisotopic (exact) mass is 382 g/mol. The maximum Gasteiger partial charge on any atom is 0.293 e. The van der Waals surface area contributed by atoms with E-state index in [1.807, 2.05) is 49.4 Å². The Morgan fingerprint density at radius 3 is 2.63 bits per heavy atom. The Balaban J connectivity index is 1.87. The molecule has 3 rings (SSSR count). The number of carbonyl (C=O) groups is 1. The summed E-state index contributed by atoms with van der Waals surface area (Å²) >= 11 is 6.03. The zero-order valence-corrected chi connectivity index (χ0v) is 16.7. The minimum atomic E-state index is -0.223. The van der Waals surface area contributed by atoms with Gasteiger partial charge in [0.05, 0.1) is 5.69 Å². The molecule has 2 aromatic carbocycles. The van der Waals surface area contributed by atoms with E-state index in [-0.39, 0.29) is 11.7 Å². The summed E-state index contributed by atoms with van der Waals surface area (Å²) in [6, 6.07) is 15.5. The smallest absolute Gasteiger partial charge is 0.293 e. The van der Waals surface area contributed by atoms with Crippen LogP contribution in [0, 0.1) is 6.92 Å². The number of nitrogens with zero attached hydrogens (tertiary/aromatic N) is 4. The summed E-state index contributed by atoms with van der Waals surface area (Å²) in [5, 5.41) is 5.14. The summed E-state index contributed by atoms with van der Waals surface area (Å²) < 4.78 is 1.75. The van der Waals surface area contributed by atoms with E-state index in [2.05, 4.69) is 30.0 Å². The fraction of sp³-hybridized carbons (Fsp3) is 0.286. The summed E-state index contributed by atoms with van der Waals surface area (Å²) in [5.41, 5.74) is 3.07. The van der Waals surface area contributed by atoms with Crippen LogP contribution in [0.4, 0.5) is 0 Å². The van der Waals surface area contributed by atoms with Crippen molar-refractivity contribution in [1.29, 1.82) is 0 Å². The molecular formula is C21H23ClN4O. The van der Waals surface area contributed by atoms with Gasteiger partial charge in [-0.15, -0.1) is 5.10 Å². The first kappa shape index (κ1) is 19.1. The molecule has 0 spiro atoms. The average molecular weight is 383 g/mol. The molecule has 0 atom stereocenters. The van der Waals surface area contributed by atoms with Crippen LogP contribution in [-0.2, 0) is 6.54 Å². The van der Waals surface area contributed by atoms with E-state index in [0.717, 1.165) is 16.8 Å². The molecule has 27 heavy (non-hydrogen) atoms. The Morgan fingerprint density at radius 1 is 1.19 bits per heavy atom. The fourth-order valence-electron chi connectivity index (χ4n) is 3.03. The highest BCUT2D eigenvalue weighted by atomic mass is 35.5. The van der Waals surface area contributed by atoms with E-state index in [1.54, 1.807) is 16.6 Å². The molecule has 0 aliphatic carbocycles. The van der Waals surface area contributed by atoms with Crippen LogP contribution in [0.3, 0.4) is 0 Å². The number of aromatic nitrogens is 3. The Morgan fingerprint density at radius 2 is 1.93 bits per heavy atom. The van der Waals surface area contributed by atoms with Crippen LogP contribution in [-0.4, -0.2) is 32.6 Å². The molecule has 0 N–H and O–H groups in total. The topological polar surface area (TPSA) is 51.0 Å². The SMILES string of the molecule is Cc1nc(C(=O)N(C)Cc2cccc(Cl)c2)nn1-c1ccccc1C(C)C. The Labute approximate surface area is 164 Å². The normalized spacial score (nSPS) is 11.0. The van der Waals surface area contributed by atoms with Gasteiger partial charge in [-0.05, 0) is 42.2 Å². The minimum absolute atomic E-state index is 0.190. The van der Waals surface area contributed by atoms with Crippen LogP contribution < -0.4 is 0 Å². The Hall–Kier alpha value is -2.66. The molecule has 0 fully saturated rings. The molecular weight excluding hydrogens is 360 g/mol.